The molecule has 1 fully saturated rings. The minimum Gasteiger partial charge on any atom is -0.491 e. The van der Waals surface area contributed by atoms with Gasteiger partial charge in [0.25, 0.3) is 0 Å². The first-order chi connectivity index (χ1) is 12.2. The first kappa shape index (κ1) is 15.7. The van der Waals surface area contributed by atoms with Gasteiger partial charge >= 0.3 is 0 Å². The number of fused-ring (bicyclic) bond motifs is 1. The Hall–Kier alpha value is -2.82. The highest BCUT2D eigenvalue weighted by molar-refractivity contribution is 5.92. The number of carbonyl (C=O) groups excluding carboxylic acids is 2. The molecule has 0 spiro atoms. The average Bonchev–Trinajstić information content (AvgIpc) is 3.06. The largest absolute Gasteiger partial charge is 0.491 e. The molecule has 0 bridgehead atoms. The highest BCUT2D eigenvalue weighted by atomic mass is 16.5. The Balaban J connectivity index is 1.62. The molecule has 5 heteroatoms. The molecule has 2 atom stereocenters. The molecule has 2 amide bonds. The standard InChI is InChI=1S/C20H20N2O3/c23-18-10-11-20(13-21-18,14-6-2-1-3-7-14)19(24)22-16-12-25-17-9-5-4-8-15(16)17/h1-9,16H,10-13H2,(H,21,23)(H,22,24)/t16-,20+/m0/s1. The molecule has 0 unspecified atom stereocenters. The van der Waals surface area contributed by atoms with Crippen LogP contribution in [0.15, 0.2) is 54.6 Å². The van der Waals surface area contributed by atoms with Gasteiger partial charge in [-0.05, 0) is 18.1 Å². The van der Waals surface area contributed by atoms with E-state index in [1.807, 2.05) is 54.6 Å². The maximum Gasteiger partial charge on any atom is 0.233 e. The number of hydrogen-bond acceptors (Lipinski definition) is 3. The van der Waals surface area contributed by atoms with E-state index >= 15 is 0 Å². The van der Waals surface area contributed by atoms with Gasteiger partial charge < -0.3 is 15.4 Å². The summed E-state index contributed by atoms with van der Waals surface area (Å²) in [5, 5.41) is 6.01. The molecule has 0 aromatic heterocycles. The molecular weight excluding hydrogens is 316 g/mol. The molecule has 0 radical (unpaired) electrons. The Morgan fingerprint density at radius 2 is 1.88 bits per heavy atom. The van der Waals surface area contributed by atoms with E-state index in [2.05, 4.69) is 10.6 Å². The number of rotatable bonds is 3. The number of ether oxygens (including phenoxy) is 1. The van der Waals surface area contributed by atoms with Gasteiger partial charge in [-0.25, -0.2) is 0 Å². The highest BCUT2D eigenvalue weighted by Crippen LogP contribution is 2.35. The number of para-hydroxylation sites is 1. The van der Waals surface area contributed by atoms with E-state index in [1.54, 1.807) is 0 Å². The summed E-state index contributed by atoms with van der Waals surface area (Å²) in [7, 11) is 0. The summed E-state index contributed by atoms with van der Waals surface area (Å²) in [6, 6.07) is 17.3. The molecule has 0 aliphatic carbocycles. The van der Waals surface area contributed by atoms with E-state index in [1.165, 1.54) is 0 Å². The molecule has 2 aliphatic heterocycles. The summed E-state index contributed by atoms with van der Waals surface area (Å²) < 4.78 is 5.67. The highest BCUT2D eigenvalue weighted by Gasteiger charge is 2.44. The molecule has 128 valence electrons. The smallest absolute Gasteiger partial charge is 0.233 e. The number of carbonyl (C=O) groups is 2. The number of hydrogen-bond donors (Lipinski definition) is 2. The summed E-state index contributed by atoms with van der Waals surface area (Å²) >= 11 is 0. The lowest BCUT2D eigenvalue weighted by molar-refractivity contribution is -0.131. The Morgan fingerprint density at radius 3 is 2.64 bits per heavy atom. The minimum atomic E-state index is -0.743. The number of benzene rings is 2. The zero-order valence-corrected chi connectivity index (χ0v) is 13.8. The normalized spacial score (nSPS) is 24.8. The fourth-order valence-corrected chi connectivity index (χ4v) is 3.66. The van der Waals surface area contributed by atoms with E-state index in [0.29, 0.717) is 26.0 Å². The van der Waals surface area contributed by atoms with Crippen molar-refractivity contribution in [2.75, 3.05) is 13.2 Å². The Kier molecular flexibility index (Phi) is 3.92. The third-order valence-electron chi connectivity index (χ3n) is 5.13. The lowest BCUT2D eigenvalue weighted by Crippen LogP contribution is -2.55. The summed E-state index contributed by atoms with van der Waals surface area (Å²) in [6.07, 6.45) is 0.851. The van der Waals surface area contributed by atoms with Crippen LogP contribution in [0.25, 0.3) is 0 Å². The molecule has 2 aromatic rings. The maximum atomic E-state index is 13.3. The zero-order valence-electron chi connectivity index (χ0n) is 13.8. The molecule has 2 N–H and O–H groups in total. The van der Waals surface area contributed by atoms with Crippen molar-refractivity contribution in [3.05, 3.63) is 65.7 Å². The number of amides is 2. The monoisotopic (exact) mass is 336 g/mol. The van der Waals surface area contributed by atoms with Crippen LogP contribution in [0.4, 0.5) is 0 Å². The Bertz CT molecular complexity index is 794. The Labute approximate surface area is 146 Å². The molecule has 5 nitrogen and oxygen atoms in total. The van der Waals surface area contributed by atoms with Gasteiger partial charge in [-0.3, -0.25) is 9.59 Å². The predicted octanol–water partition coefficient (Wildman–Crippen LogP) is 2.08. The van der Waals surface area contributed by atoms with E-state index in [0.717, 1.165) is 16.9 Å². The van der Waals surface area contributed by atoms with Crippen molar-refractivity contribution < 1.29 is 14.3 Å². The van der Waals surface area contributed by atoms with Crippen LogP contribution in [0.3, 0.4) is 0 Å². The second kappa shape index (κ2) is 6.24. The molecule has 0 saturated carbocycles. The first-order valence-electron chi connectivity index (χ1n) is 8.54. The third-order valence-corrected chi connectivity index (χ3v) is 5.13. The van der Waals surface area contributed by atoms with Gasteiger partial charge in [-0.1, -0.05) is 48.5 Å². The minimum absolute atomic E-state index is 0.00565. The van der Waals surface area contributed by atoms with E-state index in [-0.39, 0.29) is 17.9 Å². The third kappa shape index (κ3) is 2.76. The van der Waals surface area contributed by atoms with Gasteiger partial charge in [-0.15, -0.1) is 0 Å². The van der Waals surface area contributed by atoms with Crippen LogP contribution in [0, 0.1) is 0 Å². The van der Waals surface area contributed by atoms with E-state index < -0.39 is 5.41 Å². The molecule has 2 aliphatic rings. The fraction of sp³-hybridized carbons (Fsp3) is 0.300. The van der Waals surface area contributed by atoms with Crippen molar-refractivity contribution in [1.82, 2.24) is 10.6 Å². The average molecular weight is 336 g/mol. The van der Waals surface area contributed by atoms with E-state index in [4.69, 9.17) is 4.74 Å². The quantitative estimate of drug-likeness (QED) is 0.902. The van der Waals surface area contributed by atoms with Crippen LogP contribution in [-0.2, 0) is 15.0 Å². The molecule has 1 saturated heterocycles. The Morgan fingerprint density at radius 1 is 1.12 bits per heavy atom. The molecule has 25 heavy (non-hydrogen) atoms. The van der Waals surface area contributed by atoms with Crippen molar-refractivity contribution in [1.29, 1.82) is 0 Å². The van der Waals surface area contributed by atoms with E-state index in [9.17, 15) is 9.59 Å². The van der Waals surface area contributed by atoms with Crippen molar-refractivity contribution in [2.45, 2.75) is 24.3 Å². The second-order valence-electron chi connectivity index (χ2n) is 6.60. The van der Waals surface area contributed by atoms with Crippen LogP contribution in [0.2, 0.25) is 0 Å². The van der Waals surface area contributed by atoms with Gasteiger partial charge in [0, 0.05) is 18.5 Å². The maximum absolute atomic E-state index is 13.3. The van der Waals surface area contributed by atoms with Crippen LogP contribution < -0.4 is 15.4 Å². The first-order valence-corrected chi connectivity index (χ1v) is 8.54. The van der Waals surface area contributed by atoms with Crippen LogP contribution >= 0.6 is 0 Å². The van der Waals surface area contributed by atoms with Gasteiger partial charge in [0.2, 0.25) is 11.8 Å². The predicted molar refractivity (Wildman–Crippen MR) is 93.2 cm³/mol. The molecule has 2 heterocycles. The topological polar surface area (TPSA) is 67.4 Å². The summed E-state index contributed by atoms with van der Waals surface area (Å²) in [6.45, 7) is 0.749. The molecular formula is C20H20N2O3. The van der Waals surface area contributed by atoms with Crippen molar-refractivity contribution >= 4 is 11.8 Å². The summed E-state index contributed by atoms with van der Waals surface area (Å²) in [5.74, 6) is 0.747. The van der Waals surface area contributed by atoms with Crippen LogP contribution in [-0.4, -0.2) is 25.0 Å². The van der Waals surface area contributed by atoms with Gasteiger partial charge in [0.05, 0.1) is 11.5 Å². The summed E-state index contributed by atoms with van der Waals surface area (Å²) in [4.78, 5) is 24.9. The number of piperidine rings is 1. The zero-order chi connectivity index (χ0) is 17.3. The lowest BCUT2D eigenvalue weighted by atomic mass is 9.73. The molecule has 4 rings (SSSR count). The van der Waals surface area contributed by atoms with Crippen molar-refractivity contribution in [3.63, 3.8) is 0 Å². The SMILES string of the molecule is O=C1CC[C@](C(=O)N[C@H]2COc3ccccc32)(c2ccccc2)CN1. The van der Waals surface area contributed by atoms with Gasteiger partial charge in [-0.2, -0.15) is 0 Å². The molecule has 2 aromatic carbocycles. The number of nitrogens with one attached hydrogen (secondary N) is 2. The van der Waals surface area contributed by atoms with Gasteiger partial charge in [0.1, 0.15) is 12.4 Å². The summed E-state index contributed by atoms with van der Waals surface area (Å²) in [5.41, 5.74) is 1.19. The fourth-order valence-electron chi connectivity index (χ4n) is 3.66. The lowest BCUT2D eigenvalue weighted by Gasteiger charge is -2.37. The van der Waals surface area contributed by atoms with Crippen molar-refractivity contribution in [2.24, 2.45) is 0 Å². The second-order valence-corrected chi connectivity index (χ2v) is 6.60. The van der Waals surface area contributed by atoms with Crippen LogP contribution in [0.1, 0.15) is 30.0 Å². The van der Waals surface area contributed by atoms with Gasteiger partial charge in [0.15, 0.2) is 0 Å². The van der Waals surface area contributed by atoms with Crippen LogP contribution in [0.5, 0.6) is 5.75 Å². The van der Waals surface area contributed by atoms with Crippen molar-refractivity contribution in [3.8, 4) is 5.75 Å².